The smallest absolute Gasteiger partial charge is 0.335 e. The summed E-state index contributed by atoms with van der Waals surface area (Å²) in [4.78, 5) is 23.0. The average molecular weight is 462 g/mol. The van der Waals surface area contributed by atoms with Crippen LogP contribution in [0.4, 0.5) is 5.82 Å². The molecule has 1 heterocycles. The molecule has 0 fully saturated rings. The summed E-state index contributed by atoms with van der Waals surface area (Å²) in [5, 5.41) is 20.6. The molecule has 3 rings (SSSR count). The average Bonchev–Trinajstić information content (AvgIpc) is 3.10. The molecule has 3 aromatic rings. The highest BCUT2D eigenvalue weighted by atomic mass is 16.4. The van der Waals surface area contributed by atoms with Gasteiger partial charge in [0.25, 0.3) is 0 Å². The molecular weight excluding hydrogens is 430 g/mol. The van der Waals surface area contributed by atoms with Crippen molar-refractivity contribution in [2.75, 3.05) is 12.8 Å². The van der Waals surface area contributed by atoms with Gasteiger partial charge in [0, 0.05) is 11.3 Å². The Hall–Kier alpha value is -4.10. The van der Waals surface area contributed by atoms with E-state index in [1.807, 2.05) is 39.0 Å². The molecule has 0 bridgehead atoms. The number of carboxylic acid groups (broad SMARTS) is 1. The van der Waals surface area contributed by atoms with Crippen LogP contribution in [0.15, 0.2) is 48.5 Å². The number of phenols is 1. The van der Waals surface area contributed by atoms with Crippen molar-refractivity contribution in [1.29, 1.82) is 0 Å². The van der Waals surface area contributed by atoms with Crippen molar-refractivity contribution >= 4 is 35.8 Å². The summed E-state index contributed by atoms with van der Waals surface area (Å²) in [5.41, 5.74) is 14.9. The minimum atomic E-state index is -0.972. The number of nitrogen functional groups attached to an aromatic ring is 1. The van der Waals surface area contributed by atoms with Gasteiger partial charge in [-0.25, -0.2) is 4.79 Å². The normalized spacial score (nSPS) is 12.3. The maximum absolute atomic E-state index is 11.9. The number of carbonyl (C=O) groups is 2. The van der Waals surface area contributed by atoms with Crippen LogP contribution in [-0.4, -0.2) is 34.1 Å². The number of allylic oxidation sites excluding steroid dienone is 2. The Labute approximate surface area is 199 Å². The highest BCUT2D eigenvalue weighted by Gasteiger charge is 2.15. The van der Waals surface area contributed by atoms with Gasteiger partial charge in [-0.2, -0.15) is 0 Å². The van der Waals surface area contributed by atoms with E-state index in [0.717, 1.165) is 33.6 Å². The predicted octanol–water partition coefficient (Wildman–Crippen LogP) is 3.23. The topological polar surface area (TPSA) is 132 Å². The number of hydrogen-bond acceptors (Lipinski definition) is 5. The molecule has 6 N–H and O–H groups in total. The third kappa shape index (κ3) is 5.44. The number of rotatable bonds is 6. The van der Waals surface area contributed by atoms with Crippen molar-refractivity contribution in [3.8, 4) is 11.4 Å². The van der Waals surface area contributed by atoms with Crippen molar-refractivity contribution in [3.63, 3.8) is 0 Å². The van der Waals surface area contributed by atoms with Crippen molar-refractivity contribution < 1.29 is 19.8 Å². The van der Waals surface area contributed by atoms with Gasteiger partial charge in [-0.15, -0.1) is 0 Å². The molecule has 1 aromatic heterocycles. The zero-order valence-corrected chi connectivity index (χ0v) is 19.9. The van der Waals surface area contributed by atoms with Crippen molar-refractivity contribution in [3.05, 3.63) is 81.4 Å². The number of carboxylic acids is 1. The number of phenolic OH excluding ortho intramolecular Hbond substituents is 1. The van der Waals surface area contributed by atoms with E-state index in [2.05, 4.69) is 5.73 Å². The molecule has 0 aliphatic heterocycles. The van der Waals surface area contributed by atoms with Crippen LogP contribution in [-0.2, 0) is 0 Å². The van der Waals surface area contributed by atoms with Gasteiger partial charge in [-0.05, 0) is 68.3 Å². The largest absolute Gasteiger partial charge is 0.508 e. The molecule has 178 valence electrons. The summed E-state index contributed by atoms with van der Waals surface area (Å²) in [6.45, 7) is 5.82. The minimum absolute atomic E-state index is 0.101. The number of benzene rings is 2. The number of anilines is 1. The number of aldehydes is 1. The Morgan fingerprint density at radius 3 is 2.26 bits per heavy atom. The molecule has 0 spiro atoms. The number of nitrogens with two attached hydrogens (primary N) is 2. The van der Waals surface area contributed by atoms with E-state index < -0.39 is 5.97 Å². The Bertz CT molecular complexity index is 1330. The molecule has 0 saturated heterocycles. The number of aryl methyl sites for hydroxylation is 1. The number of aromatic carboxylic acids is 1. The predicted molar refractivity (Wildman–Crippen MR) is 138 cm³/mol. The van der Waals surface area contributed by atoms with E-state index in [1.165, 1.54) is 7.05 Å². The summed E-state index contributed by atoms with van der Waals surface area (Å²) in [5.74, 6) is -0.569. The van der Waals surface area contributed by atoms with Crippen molar-refractivity contribution in [2.24, 2.45) is 5.73 Å². The molecule has 7 nitrogen and oxygen atoms in total. The van der Waals surface area contributed by atoms with Gasteiger partial charge < -0.3 is 21.7 Å². The van der Waals surface area contributed by atoms with E-state index in [4.69, 9.17) is 10.8 Å². The molecule has 0 amide bonds. The molecule has 7 heteroatoms. The van der Waals surface area contributed by atoms with Crippen LogP contribution >= 0.6 is 0 Å². The Morgan fingerprint density at radius 1 is 1.09 bits per heavy atom. The first-order valence-electron chi connectivity index (χ1n) is 10.8. The molecule has 0 saturated carbocycles. The highest BCUT2D eigenvalue weighted by Crippen LogP contribution is 2.22. The molecule has 2 aromatic carbocycles. The molecule has 0 unspecified atom stereocenters. The maximum atomic E-state index is 11.9. The second-order valence-corrected chi connectivity index (χ2v) is 7.53. The molecule has 0 aliphatic carbocycles. The Morgan fingerprint density at radius 2 is 1.71 bits per heavy atom. The Balaban J connectivity index is 0.00000199. The fourth-order valence-electron chi connectivity index (χ4n) is 3.63. The lowest BCUT2D eigenvalue weighted by Crippen LogP contribution is -2.30. The number of aromatic hydroxyl groups is 1. The third-order valence-electron chi connectivity index (χ3n) is 5.36. The molecule has 0 radical (unpaired) electrons. The summed E-state index contributed by atoms with van der Waals surface area (Å²) in [6.07, 6.45) is 7.20. The fraction of sp³-hybridized carbons (Fsp3) is 0.185. The first-order chi connectivity index (χ1) is 16.3. The lowest BCUT2D eigenvalue weighted by atomic mass is 10.0. The zero-order valence-electron chi connectivity index (χ0n) is 19.9. The van der Waals surface area contributed by atoms with E-state index >= 15 is 0 Å². The van der Waals surface area contributed by atoms with E-state index in [1.54, 1.807) is 47.0 Å². The quantitative estimate of drug-likeness (QED) is 0.417. The summed E-state index contributed by atoms with van der Waals surface area (Å²) in [7, 11) is 1.50. The monoisotopic (exact) mass is 461 g/mol. The van der Waals surface area contributed by atoms with Crippen LogP contribution in [0.1, 0.15) is 52.1 Å². The molecule has 0 atom stereocenters. The van der Waals surface area contributed by atoms with E-state index in [9.17, 15) is 14.7 Å². The fourth-order valence-corrected chi connectivity index (χ4v) is 3.63. The van der Waals surface area contributed by atoms with E-state index in [0.29, 0.717) is 23.5 Å². The lowest BCUT2D eigenvalue weighted by molar-refractivity contribution is 0.0696. The van der Waals surface area contributed by atoms with Crippen LogP contribution in [0.25, 0.3) is 23.4 Å². The molecule has 34 heavy (non-hydrogen) atoms. The van der Waals surface area contributed by atoms with Gasteiger partial charge >= 0.3 is 5.97 Å². The van der Waals surface area contributed by atoms with E-state index in [-0.39, 0.29) is 11.3 Å². The number of hydrogen-bond donors (Lipinski definition) is 4. The van der Waals surface area contributed by atoms with Gasteiger partial charge in [0.05, 0.1) is 22.2 Å². The van der Waals surface area contributed by atoms with Crippen molar-refractivity contribution in [2.45, 2.75) is 27.2 Å². The molecular formula is C27H31N3O4. The van der Waals surface area contributed by atoms with Gasteiger partial charge in [0.15, 0.2) is 6.29 Å². The maximum Gasteiger partial charge on any atom is 0.335 e. The van der Waals surface area contributed by atoms with Crippen LogP contribution < -0.4 is 22.0 Å². The lowest BCUT2D eigenvalue weighted by Gasteiger charge is -2.11. The standard InChI is InChI=1S/C26H26N2O4.CH5N/c1-4-5-21-22(15-29)25(27)28(24-14-20(30)12-6-17(24)3)23(21)13-7-16(2)18-8-10-19(11-9-18)26(31)32;1-2/h5-15,30H,4,27H2,1-3H3,(H,31,32);2H2,1H3/b16-7+,21-5+,23-13+;. The van der Waals surface area contributed by atoms with Gasteiger partial charge in [-0.3, -0.25) is 9.36 Å². The van der Waals surface area contributed by atoms with Crippen LogP contribution in [0, 0.1) is 6.92 Å². The van der Waals surface area contributed by atoms with Crippen LogP contribution in [0.5, 0.6) is 5.75 Å². The SMILES string of the molecule is CC\C=c1/c(C=O)c(N)n(-c2cc(O)ccc2C)/c1=C/C=C(\C)c1ccc(C(=O)O)cc1.CN. The zero-order chi connectivity index (χ0) is 25.4. The molecule has 0 aliphatic rings. The second kappa shape index (κ2) is 11.7. The summed E-state index contributed by atoms with van der Waals surface area (Å²) >= 11 is 0. The third-order valence-corrected chi connectivity index (χ3v) is 5.36. The first kappa shape index (κ1) is 26.2. The highest BCUT2D eigenvalue weighted by molar-refractivity contribution is 5.88. The van der Waals surface area contributed by atoms with Crippen LogP contribution in [0.2, 0.25) is 0 Å². The Kier molecular flexibility index (Phi) is 8.98. The van der Waals surface area contributed by atoms with Gasteiger partial charge in [-0.1, -0.05) is 37.3 Å². The second-order valence-electron chi connectivity index (χ2n) is 7.53. The van der Waals surface area contributed by atoms with Gasteiger partial charge in [0.2, 0.25) is 0 Å². The van der Waals surface area contributed by atoms with Crippen LogP contribution in [0.3, 0.4) is 0 Å². The van der Waals surface area contributed by atoms with Gasteiger partial charge in [0.1, 0.15) is 11.6 Å². The summed E-state index contributed by atoms with van der Waals surface area (Å²) < 4.78 is 1.78. The van der Waals surface area contributed by atoms with Crippen molar-refractivity contribution in [1.82, 2.24) is 4.57 Å². The summed E-state index contributed by atoms with van der Waals surface area (Å²) in [6, 6.07) is 11.7. The number of nitrogens with zero attached hydrogens (tertiary/aromatic N) is 1. The number of aromatic nitrogens is 1. The number of carbonyl (C=O) groups excluding carboxylic acids is 1. The minimum Gasteiger partial charge on any atom is -0.508 e. The first-order valence-corrected chi connectivity index (χ1v) is 10.8.